The van der Waals surface area contributed by atoms with Gasteiger partial charge >= 0.3 is 6.03 Å². The van der Waals surface area contributed by atoms with Crippen LogP contribution in [0.4, 0.5) is 16.2 Å². The molecular weight excluding hydrogens is 404 g/mol. The maximum atomic E-state index is 12.4. The minimum Gasteiger partial charge on any atom is -0.391 e. The van der Waals surface area contributed by atoms with Gasteiger partial charge in [-0.2, -0.15) is 0 Å². The Morgan fingerprint density at radius 3 is 2.72 bits per heavy atom. The zero-order valence-electron chi connectivity index (χ0n) is 18.1. The number of aliphatic hydroxyl groups excluding tert-OH is 1. The molecule has 4 N–H and O–H groups in total. The summed E-state index contributed by atoms with van der Waals surface area (Å²) in [5, 5.41) is 19.2. The number of carbonyl (C=O) groups excluding carboxylic acids is 1. The first kappa shape index (κ1) is 21.7. The van der Waals surface area contributed by atoms with Gasteiger partial charge in [-0.3, -0.25) is 4.98 Å². The van der Waals surface area contributed by atoms with Crippen molar-refractivity contribution >= 4 is 17.4 Å². The summed E-state index contributed by atoms with van der Waals surface area (Å²) in [5.41, 5.74) is 4.57. The first-order valence-corrected chi connectivity index (χ1v) is 10.9. The van der Waals surface area contributed by atoms with Gasteiger partial charge in [0.2, 0.25) is 0 Å². The molecule has 8 heteroatoms. The van der Waals surface area contributed by atoms with Gasteiger partial charge in [0, 0.05) is 42.6 Å². The number of aliphatic hydroxyl groups is 1. The van der Waals surface area contributed by atoms with Crippen molar-refractivity contribution in [2.24, 2.45) is 0 Å². The first-order chi connectivity index (χ1) is 15.6. The van der Waals surface area contributed by atoms with Crippen molar-refractivity contribution in [3.8, 4) is 11.4 Å². The summed E-state index contributed by atoms with van der Waals surface area (Å²) in [6.07, 6.45) is 9.99. The van der Waals surface area contributed by atoms with E-state index in [9.17, 15) is 9.90 Å². The molecule has 0 aliphatic heterocycles. The van der Waals surface area contributed by atoms with E-state index in [0.29, 0.717) is 18.1 Å². The Labute approximate surface area is 187 Å². The third kappa shape index (κ3) is 5.59. The molecule has 1 aliphatic carbocycles. The Balaban J connectivity index is 1.38. The average Bonchev–Trinajstić information content (AvgIpc) is 2.82. The predicted octanol–water partition coefficient (Wildman–Crippen LogP) is 3.88. The first-order valence-electron chi connectivity index (χ1n) is 10.9. The molecule has 2 atom stereocenters. The van der Waals surface area contributed by atoms with Crippen molar-refractivity contribution in [2.75, 3.05) is 10.6 Å². The number of urea groups is 1. The van der Waals surface area contributed by atoms with E-state index >= 15 is 0 Å². The van der Waals surface area contributed by atoms with Crippen LogP contribution in [0.3, 0.4) is 0 Å². The Morgan fingerprint density at radius 2 is 1.91 bits per heavy atom. The van der Waals surface area contributed by atoms with Crippen LogP contribution >= 0.6 is 0 Å². The number of aromatic nitrogens is 3. The summed E-state index contributed by atoms with van der Waals surface area (Å²) in [5.74, 6) is 0.625. The minimum atomic E-state index is -0.474. The second-order valence-electron chi connectivity index (χ2n) is 8.09. The summed E-state index contributed by atoms with van der Waals surface area (Å²) < 4.78 is 0. The van der Waals surface area contributed by atoms with Crippen LogP contribution in [0, 0.1) is 6.92 Å². The minimum absolute atomic E-state index is 0.191. The van der Waals surface area contributed by atoms with Crippen molar-refractivity contribution in [2.45, 2.75) is 51.3 Å². The molecule has 0 spiro atoms. The molecule has 4 rings (SSSR count). The van der Waals surface area contributed by atoms with Gasteiger partial charge in [0.1, 0.15) is 0 Å². The van der Waals surface area contributed by atoms with Crippen LogP contribution in [0.25, 0.3) is 11.4 Å². The Bertz CT molecular complexity index is 1060. The summed E-state index contributed by atoms with van der Waals surface area (Å²) in [4.78, 5) is 25.2. The number of amides is 2. The fourth-order valence-electron chi connectivity index (χ4n) is 3.86. The largest absolute Gasteiger partial charge is 0.391 e. The van der Waals surface area contributed by atoms with E-state index in [4.69, 9.17) is 0 Å². The van der Waals surface area contributed by atoms with Gasteiger partial charge in [-0.1, -0.05) is 18.9 Å². The molecule has 1 saturated carbocycles. The van der Waals surface area contributed by atoms with Gasteiger partial charge in [0.15, 0.2) is 5.82 Å². The number of aryl methyl sites for hydroxylation is 1. The molecule has 166 valence electrons. The molecule has 2 aromatic heterocycles. The van der Waals surface area contributed by atoms with Gasteiger partial charge in [0.05, 0.1) is 17.8 Å². The van der Waals surface area contributed by atoms with Crippen molar-refractivity contribution < 1.29 is 9.90 Å². The SMILES string of the molecule is Cc1ccc(NC(=O)N[C@@H]2CCCC[C@@H]2O)cc1CNc1cncc(-c2ncccn2)c1. The van der Waals surface area contributed by atoms with Crippen molar-refractivity contribution in [3.63, 3.8) is 0 Å². The lowest BCUT2D eigenvalue weighted by Gasteiger charge is -2.28. The highest BCUT2D eigenvalue weighted by molar-refractivity contribution is 5.89. The monoisotopic (exact) mass is 432 g/mol. The normalized spacial score (nSPS) is 18.1. The topological polar surface area (TPSA) is 112 Å². The highest BCUT2D eigenvalue weighted by Gasteiger charge is 2.24. The molecule has 1 aliphatic rings. The molecular formula is C24H28N6O2. The molecule has 0 radical (unpaired) electrons. The quantitative estimate of drug-likeness (QED) is 0.470. The number of rotatable bonds is 6. The fourth-order valence-corrected chi connectivity index (χ4v) is 3.86. The van der Waals surface area contributed by atoms with Gasteiger partial charge < -0.3 is 21.1 Å². The zero-order chi connectivity index (χ0) is 22.3. The van der Waals surface area contributed by atoms with E-state index in [2.05, 4.69) is 30.9 Å². The van der Waals surface area contributed by atoms with Crippen LogP contribution in [-0.4, -0.2) is 38.2 Å². The number of hydrogen-bond donors (Lipinski definition) is 4. The lowest BCUT2D eigenvalue weighted by molar-refractivity contribution is 0.0955. The summed E-state index contributed by atoms with van der Waals surface area (Å²) in [7, 11) is 0. The Kier molecular flexibility index (Phi) is 6.91. The second kappa shape index (κ2) is 10.2. The van der Waals surface area contributed by atoms with E-state index in [1.807, 2.05) is 31.2 Å². The molecule has 1 fully saturated rings. The molecule has 2 amide bonds. The van der Waals surface area contributed by atoms with Crippen LogP contribution in [0.2, 0.25) is 0 Å². The maximum absolute atomic E-state index is 12.4. The summed E-state index contributed by atoms with van der Waals surface area (Å²) in [6, 6.07) is 9.07. The standard InChI is InChI=1S/C24H28N6O2/c1-16-7-8-19(29-24(32)30-21-5-2-3-6-22(21)31)11-17(16)14-28-20-12-18(13-25-15-20)23-26-9-4-10-27-23/h4,7-13,15,21-22,28,31H,2-3,5-6,14H2,1H3,(H2,29,30,32)/t21-,22+/m1/s1. The van der Waals surface area contributed by atoms with E-state index in [-0.39, 0.29) is 12.1 Å². The van der Waals surface area contributed by atoms with Crippen molar-refractivity contribution in [3.05, 3.63) is 66.2 Å². The fraction of sp³-hybridized carbons (Fsp3) is 0.333. The summed E-state index contributed by atoms with van der Waals surface area (Å²) >= 11 is 0. The average molecular weight is 433 g/mol. The van der Waals surface area contributed by atoms with Crippen LogP contribution < -0.4 is 16.0 Å². The van der Waals surface area contributed by atoms with E-state index in [1.165, 1.54) is 0 Å². The van der Waals surface area contributed by atoms with Gasteiger partial charge in [0.25, 0.3) is 0 Å². The van der Waals surface area contributed by atoms with E-state index in [1.54, 1.807) is 30.9 Å². The Hall–Kier alpha value is -3.52. The smallest absolute Gasteiger partial charge is 0.319 e. The van der Waals surface area contributed by atoms with E-state index < -0.39 is 6.10 Å². The maximum Gasteiger partial charge on any atom is 0.319 e. The van der Waals surface area contributed by atoms with E-state index in [0.717, 1.165) is 48.1 Å². The lowest BCUT2D eigenvalue weighted by Crippen LogP contribution is -2.46. The molecule has 2 heterocycles. The number of anilines is 2. The molecule has 8 nitrogen and oxygen atoms in total. The van der Waals surface area contributed by atoms with Crippen LogP contribution in [0.15, 0.2) is 55.1 Å². The number of hydrogen-bond acceptors (Lipinski definition) is 6. The Morgan fingerprint density at radius 1 is 1.09 bits per heavy atom. The van der Waals surface area contributed by atoms with Gasteiger partial charge in [-0.25, -0.2) is 14.8 Å². The number of benzene rings is 1. The zero-order valence-corrected chi connectivity index (χ0v) is 18.1. The number of nitrogens with one attached hydrogen (secondary N) is 3. The summed E-state index contributed by atoms with van der Waals surface area (Å²) in [6.45, 7) is 2.61. The molecule has 32 heavy (non-hydrogen) atoms. The second-order valence-corrected chi connectivity index (χ2v) is 8.09. The molecule has 1 aromatic carbocycles. The van der Waals surface area contributed by atoms with Crippen LogP contribution in [0.1, 0.15) is 36.8 Å². The highest BCUT2D eigenvalue weighted by atomic mass is 16.3. The molecule has 0 unspecified atom stereocenters. The third-order valence-electron chi connectivity index (χ3n) is 5.70. The number of pyridine rings is 1. The van der Waals surface area contributed by atoms with Crippen molar-refractivity contribution in [1.82, 2.24) is 20.3 Å². The molecule has 0 saturated heterocycles. The number of carbonyl (C=O) groups is 1. The lowest BCUT2D eigenvalue weighted by atomic mass is 9.93. The number of nitrogens with zero attached hydrogens (tertiary/aromatic N) is 3. The van der Waals surface area contributed by atoms with Crippen LogP contribution in [-0.2, 0) is 6.54 Å². The third-order valence-corrected chi connectivity index (χ3v) is 5.70. The van der Waals surface area contributed by atoms with Gasteiger partial charge in [-0.15, -0.1) is 0 Å². The van der Waals surface area contributed by atoms with Gasteiger partial charge in [-0.05, 0) is 55.2 Å². The highest BCUT2D eigenvalue weighted by Crippen LogP contribution is 2.21. The molecule has 0 bridgehead atoms. The molecule has 3 aromatic rings. The predicted molar refractivity (Wildman–Crippen MR) is 124 cm³/mol. The van der Waals surface area contributed by atoms with Crippen LogP contribution in [0.5, 0.6) is 0 Å². The van der Waals surface area contributed by atoms with Crippen molar-refractivity contribution in [1.29, 1.82) is 0 Å².